The zero-order chi connectivity index (χ0) is 13.4. The van der Waals surface area contributed by atoms with Gasteiger partial charge in [0.15, 0.2) is 9.84 Å². The molecular formula is C14H29NO2S. The Kier molecular flexibility index (Phi) is 7.23. The molecule has 0 radical (unpaired) electrons. The smallest absolute Gasteiger partial charge is 0.154 e. The van der Waals surface area contributed by atoms with Crippen molar-refractivity contribution < 1.29 is 8.42 Å². The van der Waals surface area contributed by atoms with Crippen LogP contribution in [0.4, 0.5) is 0 Å². The topological polar surface area (TPSA) is 46.2 Å². The van der Waals surface area contributed by atoms with Crippen LogP contribution in [-0.4, -0.2) is 32.0 Å². The molecule has 4 heteroatoms. The van der Waals surface area contributed by atoms with Crippen molar-refractivity contribution in [1.82, 2.24) is 5.32 Å². The normalized spacial score (nSPS) is 25.2. The van der Waals surface area contributed by atoms with Gasteiger partial charge in [0.1, 0.15) is 0 Å². The summed E-state index contributed by atoms with van der Waals surface area (Å²) in [5.74, 6) is 0.385. The maximum absolute atomic E-state index is 12.4. The monoisotopic (exact) mass is 275 g/mol. The first-order chi connectivity index (χ1) is 8.61. The lowest BCUT2D eigenvalue weighted by Gasteiger charge is -2.32. The van der Waals surface area contributed by atoms with Crippen LogP contribution in [0.3, 0.4) is 0 Å². The summed E-state index contributed by atoms with van der Waals surface area (Å²) < 4.78 is 24.8. The third-order valence-corrected chi connectivity index (χ3v) is 6.20. The van der Waals surface area contributed by atoms with Gasteiger partial charge >= 0.3 is 0 Å². The molecule has 0 spiro atoms. The second-order valence-electron chi connectivity index (χ2n) is 5.46. The molecular weight excluding hydrogens is 246 g/mol. The first kappa shape index (κ1) is 16.0. The van der Waals surface area contributed by atoms with Crippen LogP contribution < -0.4 is 5.32 Å². The van der Waals surface area contributed by atoms with Gasteiger partial charge in [-0.1, -0.05) is 39.5 Å². The lowest BCUT2D eigenvalue weighted by molar-refractivity contribution is 0.371. The molecule has 0 aromatic carbocycles. The lowest BCUT2D eigenvalue weighted by atomic mass is 9.95. The van der Waals surface area contributed by atoms with Gasteiger partial charge in [0.2, 0.25) is 0 Å². The second-order valence-corrected chi connectivity index (χ2v) is 7.80. The Morgan fingerprint density at radius 2 is 1.78 bits per heavy atom. The van der Waals surface area contributed by atoms with Crippen molar-refractivity contribution in [2.24, 2.45) is 0 Å². The van der Waals surface area contributed by atoms with Crippen LogP contribution in [0.5, 0.6) is 0 Å². The molecule has 0 bridgehead atoms. The minimum atomic E-state index is -2.90. The van der Waals surface area contributed by atoms with Crippen LogP contribution in [0.25, 0.3) is 0 Å². The summed E-state index contributed by atoms with van der Waals surface area (Å²) in [5.41, 5.74) is 0. The molecule has 0 aromatic heterocycles. The van der Waals surface area contributed by atoms with E-state index in [1.807, 2.05) is 0 Å². The van der Waals surface area contributed by atoms with E-state index >= 15 is 0 Å². The van der Waals surface area contributed by atoms with Gasteiger partial charge in [-0.15, -0.1) is 0 Å². The number of hydrogen-bond donors (Lipinski definition) is 1. The highest BCUT2D eigenvalue weighted by Crippen LogP contribution is 2.25. The van der Waals surface area contributed by atoms with E-state index in [4.69, 9.17) is 0 Å². The molecule has 108 valence electrons. The highest BCUT2D eigenvalue weighted by atomic mass is 32.2. The summed E-state index contributed by atoms with van der Waals surface area (Å²) in [6.45, 7) is 5.17. The largest absolute Gasteiger partial charge is 0.313 e. The maximum Gasteiger partial charge on any atom is 0.154 e. The highest BCUT2D eigenvalue weighted by molar-refractivity contribution is 7.92. The second kappa shape index (κ2) is 8.16. The molecule has 1 rings (SSSR count). The Morgan fingerprint density at radius 1 is 1.06 bits per heavy atom. The summed E-state index contributed by atoms with van der Waals surface area (Å²) in [7, 11) is -2.90. The molecule has 1 N–H and O–H groups in total. The Balaban J connectivity index is 2.57. The third-order valence-electron chi connectivity index (χ3n) is 3.85. The van der Waals surface area contributed by atoms with Gasteiger partial charge in [-0.3, -0.25) is 0 Å². The summed E-state index contributed by atoms with van der Waals surface area (Å²) in [5, 5.41) is 3.31. The number of hydrogen-bond acceptors (Lipinski definition) is 3. The molecule has 2 unspecified atom stereocenters. The van der Waals surface area contributed by atoms with Gasteiger partial charge in [-0.2, -0.15) is 0 Å². The van der Waals surface area contributed by atoms with E-state index in [2.05, 4.69) is 19.2 Å². The third kappa shape index (κ3) is 4.88. The Bertz CT molecular complexity index is 314. The van der Waals surface area contributed by atoms with Crippen LogP contribution in [0.2, 0.25) is 0 Å². The molecule has 0 amide bonds. The SMILES string of the molecule is CCCCCS(=O)(=O)C1CCCCC1NCCC. The molecule has 1 fully saturated rings. The van der Waals surface area contributed by atoms with Gasteiger partial charge in [0.05, 0.1) is 11.0 Å². The van der Waals surface area contributed by atoms with E-state index < -0.39 is 9.84 Å². The molecule has 3 nitrogen and oxygen atoms in total. The fraction of sp³-hybridized carbons (Fsp3) is 1.00. The van der Waals surface area contributed by atoms with E-state index in [-0.39, 0.29) is 11.3 Å². The van der Waals surface area contributed by atoms with E-state index in [1.54, 1.807) is 0 Å². The quantitative estimate of drug-likeness (QED) is 0.693. The molecule has 2 atom stereocenters. The van der Waals surface area contributed by atoms with E-state index in [1.165, 1.54) is 6.42 Å². The van der Waals surface area contributed by atoms with Gasteiger partial charge in [0, 0.05) is 6.04 Å². The fourth-order valence-electron chi connectivity index (χ4n) is 2.79. The molecule has 0 heterocycles. The fourth-order valence-corrected chi connectivity index (χ4v) is 4.96. The number of rotatable bonds is 8. The van der Waals surface area contributed by atoms with Gasteiger partial charge in [-0.25, -0.2) is 8.42 Å². The predicted octanol–water partition coefficient (Wildman–Crippen LogP) is 2.90. The molecule has 0 aliphatic heterocycles. The van der Waals surface area contributed by atoms with Gasteiger partial charge < -0.3 is 5.32 Å². The van der Waals surface area contributed by atoms with Crippen LogP contribution in [0, 0.1) is 0 Å². The Hall–Kier alpha value is -0.0900. The summed E-state index contributed by atoms with van der Waals surface area (Å²) in [6, 6.07) is 0.199. The molecule has 0 saturated heterocycles. The van der Waals surface area contributed by atoms with Gasteiger partial charge in [-0.05, 0) is 32.2 Å². The van der Waals surface area contributed by atoms with Crippen molar-refractivity contribution in [1.29, 1.82) is 0 Å². The zero-order valence-electron chi connectivity index (χ0n) is 12.0. The van der Waals surface area contributed by atoms with Crippen molar-refractivity contribution in [3.63, 3.8) is 0 Å². The van der Waals surface area contributed by atoms with Crippen LogP contribution in [-0.2, 0) is 9.84 Å². The summed E-state index contributed by atoms with van der Waals surface area (Å²) in [6.07, 6.45) is 8.13. The standard InChI is InChI=1S/C14H29NO2S/c1-3-5-8-12-18(16,17)14-10-7-6-9-13(14)15-11-4-2/h13-15H,3-12H2,1-2H3. The first-order valence-corrected chi connectivity index (χ1v) is 9.28. The molecule has 0 aromatic rings. The highest BCUT2D eigenvalue weighted by Gasteiger charge is 2.34. The number of nitrogens with one attached hydrogen (secondary N) is 1. The summed E-state index contributed by atoms with van der Waals surface area (Å²) in [4.78, 5) is 0. The van der Waals surface area contributed by atoms with Gasteiger partial charge in [0.25, 0.3) is 0 Å². The zero-order valence-corrected chi connectivity index (χ0v) is 12.8. The van der Waals surface area contributed by atoms with Crippen molar-refractivity contribution in [3.05, 3.63) is 0 Å². The average Bonchev–Trinajstić information content (AvgIpc) is 2.37. The van der Waals surface area contributed by atoms with Crippen molar-refractivity contribution >= 4 is 9.84 Å². The van der Waals surface area contributed by atoms with Crippen molar-refractivity contribution in [2.75, 3.05) is 12.3 Å². The van der Waals surface area contributed by atoms with E-state index in [0.717, 1.165) is 51.5 Å². The Morgan fingerprint density at radius 3 is 2.44 bits per heavy atom. The van der Waals surface area contributed by atoms with Crippen molar-refractivity contribution in [2.45, 2.75) is 76.5 Å². The minimum Gasteiger partial charge on any atom is -0.313 e. The van der Waals surface area contributed by atoms with E-state index in [9.17, 15) is 8.42 Å². The first-order valence-electron chi connectivity index (χ1n) is 7.56. The predicted molar refractivity (Wildman–Crippen MR) is 77.6 cm³/mol. The summed E-state index contributed by atoms with van der Waals surface area (Å²) >= 11 is 0. The maximum atomic E-state index is 12.4. The van der Waals surface area contributed by atoms with Crippen LogP contribution >= 0.6 is 0 Å². The number of sulfone groups is 1. The van der Waals surface area contributed by atoms with Crippen LogP contribution in [0.1, 0.15) is 65.2 Å². The van der Waals surface area contributed by atoms with Crippen molar-refractivity contribution in [3.8, 4) is 0 Å². The molecule has 18 heavy (non-hydrogen) atoms. The lowest BCUT2D eigenvalue weighted by Crippen LogP contribution is -2.47. The molecule has 1 aliphatic rings. The van der Waals surface area contributed by atoms with E-state index in [0.29, 0.717) is 5.75 Å². The number of unbranched alkanes of at least 4 members (excludes halogenated alkanes) is 2. The molecule has 1 saturated carbocycles. The minimum absolute atomic E-state index is 0.130. The van der Waals surface area contributed by atoms with Crippen LogP contribution in [0.15, 0.2) is 0 Å². The molecule has 1 aliphatic carbocycles. The average molecular weight is 275 g/mol. The Labute approximate surface area is 113 Å².